The van der Waals surface area contributed by atoms with E-state index in [-0.39, 0.29) is 16.9 Å². The standard InChI is InChI=1S/C13H12N2O3/c1-15-8-10(11(16)7-12(15)17)13(18)14-9-5-3-2-4-6-9/h2-8,16H,1H3,(H,14,18). The van der Waals surface area contributed by atoms with E-state index in [2.05, 4.69) is 5.32 Å². The summed E-state index contributed by atoms with van der Waals surface area (Å²) >= 11 is 0. The van der Waals surface area contributed by atoms with E-state index < -0.39 is 5.91 Å². The number of aromatic hydroxyl groups is 1. The summed E-state index contributed by atoms with van der Waals surface area (Å²) in [5, 5.41) is 12.2. The number of rotatable bonds is 2. The van der Waals surface area contributed by atoms with Gasteiger partial charge in [0.1, 0.15) is 5.75 Å². The zero-order valence-corrected chi connectivity index (χ0v) is 9.75. The van der Waals surface area contributed by atoms with Crippen LogP contribution in [0.3, 0.4) is 0 Å². The Bertz CT molecular complexity index is 632. The second-order valence-electron chi connectivity index (χ2n) is 3.84. The lowest BCUT2D eigenvalue weighted by Crippen LogP contribution is -2.20. The molecule has 0 radical (unpaired) electrons. The molecule has 0 fully saturated rings. The van der Waals surface area contributed by atoms with Gasteiger partial charge in [-0.2, -0.15) is 0 Å². The lowest BCUT2D eigenvalue weighted by Gasteiger charge is -2.07. The van der Waals surface area contributed by atoms with Crippen LogP contribution in [-0.2, 0) is 7.05 Å². The van der Waals surface area contributed by atoms with Gasteiger partial charge in [-0.3, -0.25) is 9.59 Å². The van der Waals surface area contributed by atoms with Crippen molar-refractivity contribution in [1.82, 2.24) is 4.57 Å². The number of carbonyl (C=O) groups excluding carboxylic acids is 1. The third-order valence-electron chi connectivity index (χ3n) is 2.48. The Hall–Kier alpha value is -2.56. The molecule has 5 nitrogen and oxygen atoms in total. The predicted octanol–water partition coefficient (Wildman–Crippen LogP) is 1.34. The fourth-order valence-electron chi connectivity index (χ4n) is 1.51. The number of nitrogens with zero attached hydrogens (tertiary/aromatic N) is 1. The van der Waals surface area contributed by atoms with Crippen LogP contribution in [-0.4, -0.2) is 15.6 Å². The predicted molar refractivity (Wildman–Crippen MR) is 67.7 cm³/mol. The molecule has 2 N–H and O–H groups in total. The van der Waals surface area contributed by atoms with Gasteiger partial charge in [-0.25, -0.2) is 0 Å². The van der Waals surface area contributed by atoms with Gasteiger partial charge in [0.25, 0.3) is 11.5 Å². The molecule has 0 unspecified atom stereocenters. The first-order valence-electron chi connectivity index (χ1n) is 5.34. The molecule has 0 spiro atoms. The molecule has 2 rings (SSSR count). The summed E-state index contributed by atoms with van der Waals surface area (Å²) in [6.07, 6.45) is 1.30. The summed E-state index contributed by atoms with van der Waals surface area (Å²) in [7, 11) is 1.51. The quantitative estimate of drug-likeness (QED) is 0.837. The van der Waals surface area contributed by atoms with Gasteiger partial charge in [0.2, 0.25) is 0 Å². The first-order valence-corrected chi connectivity index (χ1v) is 5.34. The van der Waals surface area contributed by atoms with E-state index in [4.69, 9.17) is 0 Å². The van der Waals surface area contributed by atoms with E-state index in [9.17, 15) is 14.7 Å². The number of hydrogen-bond acceptors (Lipinski definition) is 3. The minimum atomic E-state index is -0.464. The normalized spacial score (nSPS) is 10.1. The Labute approximate surface area is 103 Å². The van der Waals surface area contributed by atoms with Crippen molar-refractivity contribution < 1.29 is 9.90 Å². The van der Waals surface area contributed by atoms with Crippen molar-refractivity contribution in [1.29, 1.82) is 0 Å². The second kappa shape index (κ2) is 4.75. The summed E-state index contributed by atoms with van der Waals surface area (Å²) in [5.41, 5.74) is 0.306. The number of pyridine rings is 1. The van der Waals surface area contributed by atoms with E-state index in [0.717, 1.165) is 6.07 Å². The molecule has 1 amide bonds. The SMILES string of the molecule is Cn1cc(C(=O)Nc2ccccc2)c(O)cc1=O. The molecule has 0 atom stereocenters. The van der Waals surface area contributed by atoms with Crippen molar-refractivity contribution >= 4 is 11.6 Å². The summed E-state index contributed by atoms with van der Waals surface area (Å²) in [6.45, 7) is 0. The topological polar surface area (TPSA) is 71.3 Å². The number of anilines is 1. The molecule has 18 heavy (non-hydrogen) atoms. The van der Waals surface area contributed by atoms with Crippen LogP contribution in [0.15, 0.2) is 47.4 Å². The minimum Gasteiger partial charge on any atom is -0.507 e. The average Bonchev–Trinajstić information content (AvgIpc) is 2.35. The van der Waals surface area contributed by atoms with Gasteiger partial charge >= 0.3 is 0 Å². The molecule has 2 aromatic rings. The molecule has 0 aliphatic carbocycles. The Morgan fingerprint density at radius 1 is 1.28 bits per heavy atom. The smallest absolute Gasteiger partial charge is 0.260 e. The Balaban J connectivity index is 2.30. The van der Waals surface area contributed by atoms with Crippen molar-refractivity contribution in [2.45, 2.75) is 0 Å². The third-order valence-corrected chi connectivity index (χ3v) is 2.48. The molecule has 0 saturated carbocycles. The number of aryl methyl sites for hydroxylation is 1. The van der Waals surface area contributed by atoms with Crippen molar-refractivity contribution in [2.24, 2.45) is 7.05 Å². The Kier molecular flexibility index (Phi) is 3.14. The van der Waals surface area contributed by atoms with Gasteiger partial charge in [-0.1, -0.05) is 18.2 Å². The van der Waals surface area contributed by atoms with E-state index in [1.165, 1.54) is 17.8 Å². The van der Waals surface area contributed by atoms with Crippen LogP contribution in [0.1, 0.15) is 10.4 Å². The third kappa shape index (κ3) is 2.40. The van der Waals surface area contributed by atoms with Gasteiger partial charge < -0.3 is 15.0 Å². The van der Waals surface area contributed by atoms with Gasteiger partial charge in [0, 0.05) is 25.0 Å². The molecular weight excluding hydrogens is 232 g/mol. The molecule has 5 heteroatoms. The molecule has 0 aliphatic heterocycles. The minimum absolute atomic E-state index is 0.0564. The van der Waals surface area contributed by atoms with Crippen LogP contribution >= 0.6 is 0 Å². The first-order chi connectivity index (χ1) is 8.58. The highest BCUT2D eigenvalue weighted by molar-refractivity contribution is 6.05. The number of carbonyl (C=O) groups is 1. The Morgan fingerprint density at radius 3 is 2.61 bits per heavy atom. The van der Waals surface area contributed by atoms with Crippen molar-refractivity contribution in [3.63, 3.8) is 0 Å². The first kappa shape index (κ1) is 11.9. The zero-order chi connectivity index (χ0) is 13.1. The number of para-hydroxylation sites is 1. The highest BCUT2D eigenvalue weighted by atomic mass is 16.3. The number of nitrogens with one attached hydrogen (secondary N) is 1. The van der Waals surface area contributed by atoms with Gasteiger partial charge in [-0.05, 0) is 12.1 Å². The van der Waals surface area contributed by atoms with Gasteiger partial charge in [-0.15, -0.1) is 0 Å². The largest absolute Gasteiger partial charge is 0.507 e. The van der Waals surface area contributed by atoms with Crippen molar-refractivity contribution in [3.05, 3.63) is 58.5 Å². The van der Waals surface area contributed by atoms with Crippen molar-refractivity contribution in [2.75, 3.05) is 5.32 Å². The van der Waals surface area contributed by atoms with E-state index in [1.54, 1.807) is 24.3 Å². The number of aromatic nitrogens is 1. The maximum atomic E-state index is 11.9. The van der Waals surface area contributed by atoms with E-state index in [1.807, 2.05) is 6.07 Å². The van der Waals surface area contributed by atoms with Crippen LogP contribution < -0.4 is 10.9 Å². The molecule has 0 saturated heterocycles. The van der Waals surface area contributed by atoms with Crippen LogP contribution in [0.2, 0.25) is 0 Å². The van der Waals surface area contributed by atoms with Gasteiger partial charge in [0.15, 0.2) is 0 Å². The number of benzene rings is 1. The van der Waals surface area contributed by atoms with Gasteiger partial charge in [0.05, 0.1) is 5.56 Å². The fourth-order valence-corrected chi connectivity index (χ4v) is 1.51. The lowest BCUT2D eigenvalue weighted by atomic mass is 10.2. The summed E-state index contributed by atoms with van der Waals surface area (Å²) < 4.78 is 1.24. The van der Waals surface area contributed by atoms with Crippen molar-refractivity contribution in [3.8, 4) is 5.75 Å². The van der Waals surface area contributed by atoms with Crippen LogP contribution in [0.25, 0.3) is 0 Å². The average molecular weight is 244 g/mol. The highest BCUT2D eigenvalue weighted by Gasteiger charge is 2.12. The van der Waals surface area contributed by atoms with Crippen LogP contribution in [0, 0.1) is 0 Å². The highest BCUT2D eigenvalue weighted by Crippen LogP contribution is 2.15. The lowest BCUT2D eigenvalue weighted by molar-refractivity contribution is 0.102. The Morgan fingerprint density at radius 2 is 1.94 bits per heavy atom. The maximum absolute atomic E-state index is 11.9. The maximum Gasteiger partial charge on any atom is 0.260 e. The molecule has 1 heterocycles. The molecule has 1 aromatic heterocycles. The summed E-state index contributed by atoms with van der Waals surface area (Å²) in [5.74, 6) is -0.791. The summed E-state index contributed by atoms with van der Waals surface area (Å²) in [6, 6.07) is 9.89. The molecule has 92 valence electrons. The molecular formula is C13H12N2O3. The summed E-state index contributed by atoms with van der Waals surface area (Å²) in [4.78, 5) is 23.2. The monoisotopic (exact) mass is 244 g/mol. The number of amides is 1. The zero-order valence-electron chi connectivity index (χ0n) is 9.75. The second-order valence-corrected chi connectivity index (χ2v) is 3.84. The van der Waals surface area contributed by atoms with E-state index in [0.29, 0.717) is 5.69 Å². The van der Waals surface area contributed by atoms with Crippen LogP contribution in [0.4, 0.5) is 5.69 Å². The molecule has 0 bridgehead atoms. The fraction of sp³-hybridized carbons (Fsp3) is 0.0769. The molecule has 0 aliphatic rings. The molecule has 1 aromatic carbocycles. The van der Waals surface area contributed by atoms with Crippen LogP contribution in [0.5, 0.6) is 5.75 Å². The number of hydrogen-bond donors (Lipinski definition) is 2. The van der Waals surface area contributed by atoms with E-state index >= 15 is 0 Å².